The fraction of sp³-hybridized carbons (Fsp3) is 0.389. The number of sulfonamides is 2. The topological polar surface area (TPSA) is 269 Å². The highest BCUT2D eigenvalue weighted by Crippen LogP contribution is 2.39. The molecular weight excluding hydrogens is 1640 g/mol. The van der Waals surface area contributed by atoms with Gasteiger partial charge in [0.15, 0.2) is 0 Å². The monoisotopic (exact) mass is 1730 g/mol. The van der Waals surface area contributed by atoms with E-state index < -0.39 is 43.3 Å². The van der Waals surface area contributed by atoms with Gasteiger partial charge in [-0.2, -0.15) is 0 Å². The Balaban J connectivity index is 0.000000255. The fourth-order valence-corrected chi connectivity index (χ4v) is 16.5. The van der Waals surface area contributed by atoms with Gasteiger partial charge >= 0.3 is 18.3 Å². The molecule has 3 N–H and O–H groups in total. The summed E-state index contributed by atoms with van der Waals surface area (Å²) in [5.41, 5.74) is 6.19. The quantitative estimate of drug-likeness (QED) is 0.0461. The smallest absolute Gasteiger partial charge is 0.414 e. The lowest BCUT2D eigenvalue weighted by Gasteiger charge is -2.23. The standard InChI is InChI=1S/C28H34N4O5S2.C15H22N2O3S.C14H15BrN2O2S.C13H13BrN2O2S.CH3I.CH4/c1-18(2)37-27(34)31(6)20-11-9-19(10-12-20)26-29-17-23(38-26)22-14-13-21(32-15-7-8-25(32)33)16-24(22)39(35,36)30-28(3,4)5;1-11-7-8-12(17-9-5-6-14(17)18)10-13(11)21(19,20)16-15(2,3)4;1-9(2)19-14(18)17(3)11-6-4-10(5-7-11)13-16-8-12(15)20-13;1-8(2)18-13(17)16-10-5-3-9(4-6-10)12-15-7-11(14)19-12;1-2;/h9-14,16-18,30H,7-8,15H2,1-6H3;7-8,10,16H,5-6,9H2,1-4H3;4-9H,1-3H3;3-8H,1-2H3,(H,16,17);1H3;1H4. The SMILES string of the molecule is C.CC(C)OC(=O)N(C)c1ccc(-c2ncc(-c3ccc(N4CCCC4=O)cc3S(=O)(=O)NC(C)(C)C)s2)cc1.CC(C)OC(=O)N(C)c1ccc(-c2ncc(Br)s2)cc1.CC(C)OC(=O)Nc1ccc(-c2ncc(Br)s2)cc1.CI.Cc1ccc(N2CCCC2=O)cc1S(=O)(=O)NC(C)(C)C. The van der Waals surface area contributed by atoms with Gasteiger partial charge in [0.25, 0.3) is 0 Å². The van der Waals surface area contributed by atoms with E-state index in [4.69, 9.17) is 14.2 Å². The summed E-state index contributed by atoms with van der Waals surface area (Å²) in [6, 6.07) is 32.7. The van der Waals surface area contributed by atoms with Gasteiger partial charge < -0.3 is 24.0 Å². The number of hydrogen-bond donors (Lipinski definition) is 3. The van der Waals surface area contributed by atoms with Crippen molar-refractivity contribution in [2.24, 2.45) is 0 Å². The highest BCUT2D eigenvalue weighted by Gasteiger charge is 2.31. The zero-order valence-electron chi connectivity index (χ0n) is 59.3. The Bertz CT molecular complexity index is 4370. The third-order valence-corrected chi connectivity index (χ3v) is 21.9. The lowest BCUT2D eigenvalue weighted by molar-refractivity contribution is -0.117. The molecule has 3 aromatic heterocycles. The first kappa shape index (κ1) is 85.9. The van der Waals surface area contributed by atoms with E-state index in [1.807, 2.05) is 105 Å². The van der Waals surface area contributed by atoms with Gasteiger partial charge in [-0.15, -0.1) is 34.0 Å². The Morgan fingerprint density at radius 3 is 1.29 bits per heavy atom. The van der Waals surface area contributed by atoms with Crippen LogP contribution < -0.4 is 34.4 Å². The number of anilines is 5. The van der Waals surface area contributed by atoms with Gasteiger partial charge in [0.05, 0.1) is 52.9 Å². The number of nitrogens with zero attached hydrogens (tertiary/aromatic N) is 7. The molecule has 30 heteroatoms. The van der Waals surface area contributed by atoms with Crippen LogP contribution in [0.2, 0.25) is 0 Å². The Labute approximate surface area is 643 Å². The molecule has 0 aliphatic carbocycles. The van der Waals surface area contributed by atoms with E-state index in [9.17, 15) is 40.8 Å². The Morgan fingerprint density at radius 1 is 0.549 bits per heavy atom. The van der Waals surface area contributed by atoms with Gasteiger partial charge in [-0.05, 0) is 242 Å². The number of carbonyl (C=O) groups excluding carboxylic acids is 5. The third-order valence-electron chi connectivity index (χ3n) is 14.0. The molecule has 5 aromatic carbocycles. The number of rotatable bonds is 16. The molecule has 0 atom stereocenters. The third kappa shape index (κ3) is 25.5. The summed E-state index contributed by atoms with van der Waals surface area (Å²) in [6.07, 6.45) is 6.03. The van der Waals surface area contributed by atoms with E-state index in [2.05, 4.69) is 84.2 Å². The van der Waals surface area contributed by atoms with Crippen LogP contribution in [0.3, 0.4) is 0 Å². The molecule has 0 saturated carbocycles. The molecule has 0 radical (unpaired) electrons. The van der Waals surface area contributed by atoms with Crippen molar-refractivity contribution in [2.45, 2.75) is 162 Å². The van der Waals surface area contributed by atoms with Crippen LogP contribution in [0.1, 0.15) is 122 Å². The maximum Gasteiger partial charge on any atom is 0.414 e. The number of nitrogens with one attached hydrogen (secondary N) is 3. The van der Waals surface area contributed by atoms with Crippen LogP contribution in [0.5, 0.6) is 0 Å². The number of alkyl halides is 1. The molecule has 2 saturated heterocycles. The van der Waals surface area contributed by atoms with E-state index in [1.165, 1.54) is 21.1 Å². The van der Waals surface area contributed by atoms with Crippen molar-refractivity contribution < 1.29 is 55.0 Å². The lowest BCUT2D eigenvalue weighted by Crippen LogP contribution is -2.40. The number of aryl methyl sites for hydroxylation is 1. The number of ether oxygens (including phenoxy) is 3. The van der Waals surface area contributed by atoms with Crippen LogP contribution in [0.15, 0.2) is 145 Å². The van der Waals surface area contributed by atoms with E-state index in [0.717, 1.165) is 52.8 Å². The summed E-state index contributed by atoms with van der Waals surface area (Å²) in [7, 11) is -4.18. The summed E-state index contributed by atoms with van der Waals surface area (Å²) in [6.45, 7) is 24.6. The molecule has 5 amide bonds. The molecule has 2 fully saturated rings. The number of amides is 5. The van der Waals surface area contributed by atoms with Gasteiger partial charge in [-0.25, -0.2) is 55.6 Å². The summed E-state index contributed by atoms with van der Waals surface area (Å²) in [5.74, 6) is 0.0347. The molecule has 2 aliphatic heterocycles. The first-order valence-electron chi connectivity index (χ1n) is 32.0. The van der Waals surface area contributed by atoms with E-state index >= 15 is 0 Å². The Kier molecular flexibility index (Phi) is 32.3. The zero-order chi connectivity index (χ0) is 74.9. The van der Waals surface area contributed by atoms with E-state index in [1.54, 1.807) is 164 Å². The minimum atomic E-state index is -3.91. The minimum Gasteiger partial charge on any atom is -0.447 e. The van der Waals surface area contributed by atoms with Gasteiger partial charge in [-0.3, -0.25) is 24.7 Å². The first-order valence-corrected chi connectivity index (χ1v) is 41.2. The first-order chi connectivity index (χ1) is 47.4. The minimum absolute atomic E-state index is 0. The van der Waals surface area contributed by atoms with Crippen molar-refractivity contribution in [1.29, 1.82) is 0 Å². The summed E-state index contributed by atoms with van der Waals surface area (Å²) in [4.78, 5) is 81.9. The molecule has 0 unspecified atom stereocenters. The largest absolute Gasteiger partial charge is 0.447 e. The lowest BCUT2D eigenvalue weighted by atomic mass is 10.1. The maximum absolute atomic E-state index is 13.5. The summed E-state index contributed by atoms with van der Waals surface area (Å²) >= 11 is 13.4. The van der Waals surface area contributed by atoms with Gasteiger partial charge in [0.1, 0.15) is 15.0 Å². The number of hydrogen-bond acceptors (Lipinski definition) is 18. The molecular formula is C72H91Br2IN10O12S5. The fourth-order valence-electron chi connectivity index (χ4n) is 9.70. The van der Waals surface area contributed by atoms with Crippen LogP contribution in [0, 0.1) is 6.92 Å². The van der Waals surface area contributed by atoms with Crippen LogP contribution in [0.25, 0.3) is 42.2 Å². The average molecular weight is 1740 g/mol. The number of aromatic nitrogens is 3. The summed E-state index contributed by atoms with van der Waals surface area (Å²) < 4.78 is 74.8. The van der Waals surface area contributed by atoms with Crippen molar-refractivity contribution in [3.8, 4) is 42.2 Å². The second-order valence-corrected chi connectivity index (χ2v) is 35.0. The number of halogens is 3. The van der Waals surface area contributed by atoms with Gasteiger partial charge in [0, 0.05) is 108 Å². The maximum atomic E-state index is 13.5. The van der Waals surface area contributed by atoms with Crippen LogP contribution >= 0.6 is 88.5 Å². The van der Waals surface area contributed by atoms with Crippen LogP contribution in [-0.2, 0) is 43.8 Å². The molecule has 5 heterocycles. The van der Waals surface area contributed by atoms with Gasteiger partial charge in [-0.1, -0.05) is 42.2 Å². The Morgan fingerprint density at radius 2 is 0.922 bits per heavy atom. The van der Waals surface area contributed by atoms with Crippen molar-refractivity contribution in [2.75, 3.05) is 57.0 Å². The van der Waals surface area contributed by atoms with Crippen molar-refractivity contribution in [3.63, 3.8) is 0 Å². The second-order valence-electron chi connectivity index (χ2n) is 25.8. The number of carbonyl (C=O) groups is 5. The highest BCUT2D eigenvalue weighted by atomic mass is 127. The molecule has 102 heavy (non-hydrogen) atoms. The van der Waals surface area contributed by atoms with Crippen LogP contribution in [-0.4, -0.2) is 123 Å². The van der Waals surface area contributed by atoms with E-state index in [0.29, 0.717) is 69.7 Å². The molecule has 8 aromatic rings. The van der Waals surface area contributed by atoms with Gasteiger partial charge in [0.2, 0.25) is 31.9 Å². The number of benzene rings is 5. The average Bonchev–Trinajstić information content (AvgIpc) is 1.29. The highest BCUT2D eigenvalue weighted by molar-refractivity contribution is 14.1. The predicted octanol–water partition coefficient (Wildman–Crippen LogP) is 18.6. The summed E-state index contributed by atoms with van der Waals surface area (Å²) in [5, 5.41) is 5.25. The molecule has 10 rings (SSSR count). The molecule has 552 valence electrons. The van der Waals surface area contributed by atoms with Crippen molar-refractivity contribution >= 4 is 167 Å². The molecule has 22 nitrogen and oxygen atoms in total. The van der Waals surface area contributed by atoms with E-state index in [-0.39, 0.29) is 53.4 Å². The number of thiazole rings is 3. The van der Waals surface area contributed by atoms with Crippen molar-refractivity contribution in [1.82, 2.24) is 24.4 Å². The zero-order valence-corrected chi connectivity index (χ0v) is 68.7. The molecule has 2 aliphatic rings. The Hall–Kier alpha value is -6.75. The normalized spacial score (nSPS) is 13.0. The van der Waals surface area contributed by atoms with Crippen molar-refractivity contribution in [3.05, 3.63) is 141 Å². The molecule has 0 bridgehead atoms. The predicted molar refractivity (Wildman–Crippen MR) is 430 cm³/mol. The second kappa shape index (κ2) is 38.3. The molecule has 0 spiro atoms. The van der Waals surface area contributed by atoms with Crippen LogP contribution in [0.4, 0.5) is 42.8 Å².